The molecule has 0 bridgehead atoms. The lowest BCUT2D eigenvalue weighted by Crippen LogP contribution is -1.91. The van der Waals surface area contributed by atoms with E-state index in [1.807, 2.05) is 0 Å². The van der Waals surface area contributed by atoms with Crippen molar-refractivity contribution >= 4 is 22.5 Å². The van der Waals surface area contributed by atoms with Crippen LogP contribution in [0.15, 0.2) is 24.3 Å². The van der Waals surface area contributed by atoms with Crippen LogP contribution in [0.25, 0.3) is 10.9 Å². The summed E-state index contributed by atoms with van der Waals surface area (Å²) in [7, 11) is 0. The zero-order valence-electron chi connectivity index (χ0n) is 7.35. The molecule has 78 valence electrons. The molecule has 0 amide bonds. The quantitative estimate of drug-likeness (QED) is 0.724. The highest BCUT2D eigenvalue weighted by Gasteiger charge is 2.12. The molecule has 0 fully saturated rings. The molecule has 2 rings (SSSR count). The van der Waals surface area contributed by atoms with Crippen LogP contribution in [-0.2, 0) is 0 Å². The van der Waals surface area contributed by atoms with E-state index in [1.165, 1.54) is 12.1 Å². The summed E-state index contributed by atoms with van der Waals surface area (Å²) in [5.74, 6) is -0.476. The number of aromatic nitrogens is 1. The molecule has 1 aromatic carbocycles. The van der Waals surface area contributed by atoms with E-state index in [2.05, 4.69) is 4.98 Å². The van der Waals surface area contributed by atoms with E-state index in [1.54, 1.807) is 0 Å². The number of alkyl halides is 2. The molecule has 0 aliphatic carbocycles. The zero-order chi connectivity index (χ0) is 11.0. The fraction of sp³-hybridized carbons (Fsp3) is 0.100. The minimum atomic E-state index is -2.68. The summed E-state index contributed by atoms with van der Waals surface area (Å²) in [4.78, 5) is 3.68. The monoisotopic (exact) mass is 231 g/mol. The van der Waals surface area contributed by atoms with E-state index in [-0.39, 0.29) is 10.5 Å². The molecular formula is C10H5ClF3N. The van der Waals surface area contributed by atoms with Crippen LogP contribution >= 0.6 is 11.6 Å². The second-order valence-corrected chi connectivity index (χ2v) is 3.40. The summed E-state index contributed by atoms with van der Waals surface area (Å²) < 4.78 is 37.6. The van der Waals surface area contributed by atoms with E-state index in [0.29, 0.717) is 5.39 Å². The zero-order valence-corrected chi connectivity index (χ0v) is 8.10. The molecule has 0 saturated carbocycles. The first kappa shape index (κ1) is 10.2. The van der Waals surface area contributed by atoms with Crippen molar-refractivity contribution in [1.29, 1.82) is 0 Å². The van der Waals surface area contributed by atoms with E-state index >= 15 is 0 Å². The average Bonchev–Trinajstić information content (AvgIpc) is 2.18. The molecule has 0 atom stereocenters. The number of benzene rings is 1. The third-order valence-electron chi connectivity index (χ3n) is 1.96. The smallest absolute Gasteiger partial charge is 0.247 e. The number of nitrogens with zero attached hydrogens (tertiary/aromatic N) is 1. The first-order valence-corrected chi connectivity index (χ1v) is 4.49. The highest BCUT2D eigenvalue weighted by atomic mass is 35.5. The molecule has 0 spiro atoms. The minimum Gasteiger partial charge on any atom is -0.247 e. The van der Waals surface area contributed by atoms with Gasteiger partial charge >= 0.3 is 0 Å². The maximum absolute atomic E-state index is 12.8. The molecule has 1 heterocycles. The van der Waals surface area contributed by atoms with Crippen LogP contribution < -0.4 is 0 Å². The van der Waals surface area contributed by atoms with Crippen molar-refractivity contribution in [2.24, 2.45) is 0 Å². The molecule has 0 aliphatic rings. The molecule has 5 heteroatoms. The van der Waals surface area contributed by atoms with Gasteiger partial charge in [-0.2, -0.15) is 0 Å². The molecular weight excluding hydrogens is 227 g/mol. The number of halogens is 4. The Labute approximate surface area is 88.5 Å². The maximum atomic E-state index is 12.8. The average molecular weight is 232 g/mol. The lowest BCUT2D eigenvalue weighted by molar-refractivity contribution is 0.146. The molecule has 1 aromatic heterocycles. The molecule has 0 N–H and O–H groups in total. The van der Waals surface area contributed by atoms with Crippen molar-refractivity contribution in [2.45, 2.75) is 6.43 Å². The van der Waals surface area contributed by atoms with Gasteiger partial charge in [0.2, 0.25) is 0 Å². The Morgan fingerprint density at radius 1 is 1.20 bits per heavy atom. The Kier molecular flexibility index (Phi) is 2.52. The van der Waals surface area contributed by atoms with Gasteiger partial charge in [0, 0.05) is 5.39 Å². The van der Waals surface area contributed by atoms with Crippen LogP contribution in [0.1, 0.15) is 12.1 Å². The molecule has 0 saturated heterocycles. The Bertz CT molecular complexity index is 513. The van der Waals surface area contributed by atoms with E-state index < -0.39 is 17.9 Å². The predicted octanol–water partition coefficient (Wildman–Crippen LogP) is 3.96. The third kappa shape index (κ3) is 1.90. The number of pyridine rings is 1. The Balaban J connectivity index is 2.73. The van der Waals surface area contributed by atoms with Gasteiger partial charge in [0.25, 0.3) is 6.43 Å². The Hall–Kier alpha value is -1.29. The summed E-state index contributed by atoms with van der Waals surface area (Å²) >= 11 is 5.74. The third-order valence-corrected chi connectivity index (χ3v) is 2.28. The molecule has 0 radical (unpaired) electrons. The minimum absolute atomic E-state index is 0.0785. The number of hydrogen-bond acceptors (Lipinski definition) is 1. The van der Waals surface area contributed by atoms with Crippen molar-refractivity contribution in [2.75, 3.05) is 0 Å². The lowest BCUT2D eigenvalue weighted by Gasteiger charge is -2.04. The van der Waals surface area contributed by atoms with Crippen LogP contribution in [0.5, 0.6) is 0 Å². The number of fused-ring (bicyclic) bond motifs is 1. The topological polar surface area (TPSA) is 12.9 Å². The molecule has 15 heavy (non-hydrogen) atoms. The van der Waals surface area contributed by atoms with Crippen LogP contribution in [0.4, 0.5) is 13.2 Å². The maximum Gasteiger partial charge on any atom is 0.280 e. The van der Waals surface area contributed by atoms with Gasteiger partial charge in [-0.15, -0.1) is 0 Å². The van der Waals surface area contributed by atoms with Crippen molar-refractivity contribution in [3.8, 4) is 0 Å². The normalized spacial score (nSPS) is 11.3. The number of hydrogen-bond donors (Lipinski definition) is 0. The Morgan fingerprint density at radius 2 is 1.93 bits per heavy atom. The molecule has 0 aliphatic heterocycles. The SMILES string of the molecule is Fc1ccc2nc(C(F)F)cc(Cl)c2c1. The van der Waals surface area contributed by atoms with Crippen LogP contribution in [0, 0.1) is 5.82 Å². The van der Waals surface area contributed by atoms with E-state index in [0.717, 1.165) is 12.1 Å². The highest BCUT2D eigenvalue weighted by molar-refractivity contribution is 6.35. The second kappa shape index (κ2) is 3.70. The van der Waals surface area contributed by atoms with Crippen LogP contribution in [0.3, 0.4) is 0 Å². The fourth-order valence-electron chi connectivity index (χ4n) is 1.29. The predicted molar refractivity (Wildman–Crippen MR) is 51.7 cm³/mol. The van der Waals surface area contributed by atoms with Gasteiger partial charge < -0.3 is 0 Å². The van der Waals surface area contributed by atoms with E-state index in [9.17, 15) is 13.2 Å². The van der Waals surface area contributed by atoms with Crippen molar-refractivity contribution < 1.29 is 13.2 Å². The summed E-state index contributed by atoms with van der Waals surface area (Å²) in [6.07, 6.45) is -2.68. The summed E-state index contributed by atoms with van der Waals surface area (Å²) in [5, 5.41) is 0.413. The summed E-state index contributed by atoms with van der Waals surface area (Å²) in [6.45, 7) is 0. The molecule has 0 unspecified atom stereocenters. The summed E-state index contributed by atoms with van der Waals surface area (Å²) in [5.41, 5.74) is -0.140. The van der Waals surface area contributed by atoms with Crippen molar-refractivity contribution in [3.63, 3.8) is 0 Å². The lowest BCUT2D eigenvalue weighted by atomic mass is 10.2. The van der Waals surface area contributed by atoms with Gasteiger partial charge in [-0.05, 0) is 24.3 Å². The van der Waals surface area contributed by atoms with Crippen LogP contribution in [0.2, 0.25) is 5.02 Å². The van der Waals surface area contributed by atoms with Gasteiger partial charge in [0.1, 0.15) is 11.5 Å². The standard InChI is InChI=1S/C10H5ClF3N/c11-7-4-9(10(13)14)15-8-2-1-5(12)3-6(7)8/h1-4,10H. The highest BCUT2D eigenvalue weighted by Crippen LogP contribution is 2.27. The van der Waals surface area contributed by atoms with Crippen molar-refractivity contribution in [3.05, 3.63) is 40.8 Å². The van der Waals surface area contributed by atoms with Crippen molar-refractivity contribution in [1.82, 2.24) is 4.98 Å². The van der Waals surface area contributed by atoms with Gasteiger partial charge in [-0.1, -0.05) is 11.6 Å². The first-order chi connectivity index (χ1) is 7.08. The largest absolute Gasteiger partial charge is 0.280 e. The number of rotatable bonds is 1. The van der Waals surface area contributed by atoms with Gasteiger partial charge in [0.05, 0.1) is 10.5 Å². The molecule has 2 aromatic rings. The Morgan fingerprint density at radius 3 is 2.60 bits per heavy atom. The van der Waals surface area contributed by atoms with Gasteiger partial charge in [-0.3, -0.25) is 0 Å². The fourth-order valence-corrected chi connectivity index (χ4v) is 1.55. The second-order valence-electron chi connectivity index (χ2n) is 2.99. The van der Waals surface area contributed by atoms with E-state index in [4.69, 9.17) is 11.6 Å². The van der Waals surface area contributed by atoms with Crippen LogP contribution in [-0.4, -0.2) is 4.98 Å². The molecule has 1 nitrogen and oxygen atoms in total. The van der Waals surface area contributed by atoms with Gasteiger partial charge in [-0.25, -0.2) is 18.2 Å². The van der Waals surface area contributed by atoms with Gasteiger partial charge in [0.15, 0.2) is 0 Å². The first-order valence-electron chi connectivity index (χ1n) is 4.12. The summed E-state index contributed by atoms with van der Waals surface area (Å²) in [6, 6.07) is 4.69.